The third-order valence-electron chi connectivity index (χ3n) is 3.67. The summed E-state index contributed by atoms with van der Waals surface area (Å²) >= 11 is 0. The Morgan fingerprint density at radius 1 is 1.33 bits per heavy atom. The number of fused-ring (bicyclic) bond motifs is 1. The molecule has 0 saturated carbocycles. The molecule has 0 aliphatic carbocycles. The number of aromatic nitrogens is 1. The molecule has 0 fully saturated rings. The third-order valence-corrected chi connectivity index (χ3v) is 3.67. The van der Waals surface area contributed by atoms with Crippen molar-refractivity contribution >= 4 is 10.9 Å². The van der Waals surface area contributed by atoms with Crippen molar-refractivity contribution < 1.29 is 4.74 Å². The van der Waals surface area contributed by atoms with Gasteiger partial charge in [0.2, 0.25) is 0 Å². The van der Waals surface area contributed by atoms with Gasteiger partial charge in [0, 0.05) is 30.2 Å². The highest BCUT2D eigenvalue weighted by Crippen LogP contribution is 2.24. The molecule has 112 valence electrons. The lowest BCUT2D eigenvalue weighted by Gasteiger charge is -2.13. The molecule has 0 unspecified atom stereocenters. The van der Waals surface area contributed by atoms with Crippen LogP contribution in [0.15, 0.2) is 24.3 Å². The van der Waals surface area contributed by atoms with Crippen LogP contribution < -0.4 is 4.74 Å². The molecule has 0 atom stereocenters. The first-order chi connectivity index (χ1) is 10.2. The number of hydrogen-bond donors (Lipinski definition) is 0. The summed E-state index contributed by atoms with van der Waals surface area (Å²) < 4.78 is 8.00. The molecule has 0 radical (unpaired) electrons. The Kier molecular flexibility index (Phi) is 5.30. The molecule has 1 aromatic heterocycles. The van der Waals surface area contributed by atoms with Crippen LogP contribution in [0.2, 0.25) is 0 Å². The second kappa shape index (κ2) is 7.19. The van der Waals surface area contributed by atoms with Gasteiger partial charge in [-0.1, -0.05) is 19.3 Å². The van der Waals surface area contributed by atoms with Crippen LogP contribution in [0.25, 0.3) is 10.9 Å². The summed E-state index contributed by atoms with van der Waals surface area (Å²) in [6.07, 6.45) is 7.60. The summed E-state index contributed by atoms with van der Waals surface area (Å²) in [6.45, 7) is 4.46. The summed E-state index contributed by atoms with van der Waals surface area (Å²) in [6, 6.07) is 8.51. The van der Waals surface area contributed by atoms with Crippen molar-refractivity contribution in [2.24, 2.45) is 7.05 Å². The van der Waals surface area contributed by atoms with Crippen LogP contribution in [0.1, 0.15) is 25.5 Å². The van der Waals surface area contributed by atoms with Crippen LogP contribution in [0.5, 0.6) is 5.75 Å². The van der Waals surface area contributed by atoms with Gasteiger partial charge in [0.25, 0.3) is 0 Å². The van der Waals surface area contributed by atoms with E-state index in [2.05, 4.69) is 47.6 Å². The van der Waals surface area contributed by atoms with E-state index >= 15 is 0 Å². The smallest absolute Gasteiger partial charge is 0.120 e. The Hall–Kier alpha value is -1.92. The van der Waals surface area contributed by atoms with Gasteiger partial charge in [-0.05, 0) is 37.7 Å². The second-order valence-corrected chi connectivity index (χ2v) is 5.49. The molecule has 0 bridgehead atoms. The Balaban J connectivity index is 2.18. The molecular weight excluding hydrogens is 260 g/mol. The normalized spacial score (nSPS) is 11.0. The molecule has 0 aliphatic rings. The number of aryl methyl sites for hydroxylation is 1. The predicted octanol–water partition coefficient (Wildman–Crippen LogP) is 3.42. The average molecular weight is 284 g/mol. The van der Waals surface area contributed by atoms with E-state index in [0.717, 1.165) is 31.7 Å². The van der Waals surface area contributed by atoms with E-state index in [1.165, 1.54) is 16.6 Å². The summed E-state index contributed by atoms with van der Waals surface area (Å²) in [5, 5.41) is 1.22. The van der Waals surface area contributed by atoms with Gasteiger partial charge in [-0.3, -0.25) is 4.90 Å². The molecule has 0 spiro atoms. The fraction of sp³-hybridized carbons (Fsp3) is 0.444. The minimum atomic E-state index is 0.660. The largest absolute Gasteiger partial charge is 0.494 e. The van der Waals surface area contributed by atoms with Crippen molar-refractivity contribution in [1.29, 1.82) is 0 Å². The number of hydrogen-bond acceptors (Lipinski definition) is 2. The number of unbranched alkanes of at least 4 members (excludes halogenated alkanes) is 1. The quantitative estimate of drug-likeness (QED) is 0.572. The molecule has 3 nitrogen and oxygen atoms in total. The minimum absolute atomic E-state index is 0.660. The van der Waals surface area contributed by atoms with E-state index in [0.29, 0.717) is 6.54 Å². The fourth-order valence-electron chi connectivity index (χ4n) is 2.45. The Labute approximate surface area is 127 Å². The zero-order valence-corrected chi connectivity index (χ0v) is 13.2. The predicted molar refractivity (Wildman–Crippen MR) is 88.5 cm³/mol. The topological polar surface area (TPSA) is 17.4 Å². The lowest BCUT2D eigenvalue weighted by Crippen LogP contribution is -2.19. The van der Waals surface area contributed by atoms with Crippen LogP contribution in [-0.4, -0.2) is 29.7 Å². The molecule has 0 amide bonds. The van der Waals surface area contributed by atoms with Crippen molar-refractivity contribution in [3.63, 3.8) is 0 Å². The maximum Gasteiger partial charge on any atom is 0.120 e. The first-order valence-electron chi connectivity index (χ1n) is 7.49. The summed E-state index contributed by atoms with van der Waals surface area (Å²) in [4.78, 5) is 2.13. The van der Waals surface area contributed by atoms with E-state index in [1.54, 1.807) is 0 Å². The van der Waals surface area contributed by atoms with Crippen molar-refractivity contribution in [2.75, 3.05) is 20.2 Å². The number of terminal acetylenes is 1. The standard InChI is InChI=1S/C18H24N2O/c1-5-7-11-21-17-8-9-18-15(13-17)12-16(20(18)4)14-19(3)10-6-2/h2,8-9,12-13H,5,7,10-11,14H2,1,3-4H3. The van der Waals surface area contributed by atoms with Gasteiger partial charge in [-0.25, -0.2) is 0 Å². The van der Waals surface area contributed by atoms with Gasteiger partial charge in [-0.2, -0.15) is 0 Å². The van der Waals surface area contributed by atoms with Gasteiger partial charge < -0.3 is 9.30 Å². The zero-order chi connectivity index (χ0) is 15.2. The van der Waals surface area contributed by atoms with Crippen LogP contribution in [0, 0.1) is 12.3 Å². The summed E-state index contributed by atoms with van der Waals surface area (Å²) in [7, 11) is 4.13. The highest BCUT2D eigenvalue weighted by atomic mass is 16.5. The van der Waals surface area contributed by atoms with Crippen LogP contribution in [0.4, 0.5) is 0 Å². The summed E-state index contributed by atoms with van der Waals surface area (Å²) in [5.41, 5.74) is 2.48. The first-order valence-corrected chi connectivity index (χ1v) is 7.49. The molecule has 2 rings (SSSR count). The van der Waals surface area contributed by atoms with E-state index in [1.807, 2.05) is 13.1 Å². The van der Waals surface area contributed by atoms with Gasteiger partial charge >= 0.3 is 0 Å². The van der Waals surface area contributed by atoms with E-state index in [4.69, 9.17) is 11.2 Å². The van der Waals surface area contributed by atoms with E-state index < -0.39 is 0 Å². The van der Waals surface area contributed by atoms with Crippen molar-refractivity contribution in [1.82, 2.24) is 9.47 Å². The number of ether oxygens (including phenoxy) is 1. The average Bonchev–Trinajstić information content (AvgIpc) is 2.75. The number of nitrogens with zero attached hydrogens (tertiary/aromatic N) is 2. The lowest BCUT2D eigenvalue weighted by molar-refractivity contribution is 0.310. The molecule has 21 heavy (non-hydrogen) atoms. The van der Waals surface area contributed by atoms with Gasteiger partial charge in [0.1, 0.15) is 5.75 Å². The molecule has 3 heteroatoms. The highest BCUT2D eigenvalue weighted by molar-refractivity contribution is 5.82. The SMILES string of the molecule is C#CCN(C)Cc1cc2cc(OCCCC)ccc2n1C. The zero-order valence-electron chi connectivity index (χ0n) is 13.2. The number of rotatable bonds is 7. The van der Waals surface area contributed by atoms with Crippen molar-refractivity contribution in [2.45, 2.75) is 26.3 Å². The maximum atomic E-state index is 5.78. The fourth-order valence-corrected chi connectivity index (χ4v) is 2.45. The molecule has 0 N–H and O–H groups in total. The third kappa shape index (κ3) is 3.80. The van der Waals surface area contributed by atoms with Crippen LogP contribution >= 0.6 is 0 Å². The molecule has 2 aromatic rings. The van der Waals surface area contributed by atoms with Gasteiger partial charge in [0.05, 0.1) is 13.2 Å². The maximum absolute atomic E-state index is 5.78. The summed E-state index contributed by atoms with van der Waals surface area (Å²) in [5.74, 6) is 3.62. The van der Waals surface area contributed by atoms with Crippen LogP contribution in [-0.2, 0) is 13.6 Å². The Bertz CT molecular complexity index is 636. The molecular formula is C18H24N2O. The first kappa shape index (κ1) is 15.5. The Morgan fingerprint density at radius 3 is 2.86 bits per heavy atom. The van der Waals surface area contributed by atoms with E-state index in [9.17, 15) is 0 Å². The second-order valence-electron chi connectivity index (χ2n) is 5.49. The van der Waals surface area contributed by atoms with Gasteiger partial charge in [-0.15, -0.1) is 6.42 Å². The van der Waals surface area contributed by atoms with Crippen molar-refractivity contribution in [3.8, 4) is 18.1 Å². The Morgan fingerprint density at radius 2 is 2.14 bits per heavy atom. The van der Waals surface area contributed by atoms with Crippen LogP contribution in [0.3, 0.4) is 0 Å². The molecule has 1 heterocycles. The lowest BCUT2D eigenvalue weighted by atomic mass is 10.2. The minimum Gasteiger partial charge on any atom is -0.494 e. The van der Waals surface area contributed by atoms with Crippen molar-refractivity contribution in [3.05, 3.63) is 30.0 Å². The monoisotopic (exact) mass is 284 g/mol. The van der Waals surface area contributed by atoms with E-state index in [-0.39, 0.29) is 0 Å². The molecule has 1 aromatic carbocycles. The van der Waals surface area contributed by atoms with Gasteiger partial charge in [0.15, 0.2) is 0 Å². The number of benzene rings is 1. The molecule has 0 aliphatic heterocycles. The highest BCUT2D eigenvalue weighted by Gasteiger charge is 2.08. The molecule has 0 saturated heterocycles.